The van der Waals surface area contributed by atoms with E-state index in [0.29, 0.717) is 5.56 Å². The van der Waals surface area contributed by atoms with Crippen LogP contribution in [0.3, 0.4) is 0 Å². The fourth-order valence-corrected chi connectivity index (χ4v) is 3.27. The van der Waals surface area contributed by atoms with Crippen molar-refractivity contribution >= 4 is 17.0 Å². The number of esters is 1. The first-order valence-corrected chi connectivity index (χ1v) is 9.08. The standard InChI is InChI=1S/C21H19F3N2O4/c1-12(2)26-16-9-8-15(21(22,23)24)10-17(16)25(18(27)19(26)28)11-13-4-6-14(7-5-13)20(29)30-3/h4-10,12H,11H2,1-3H3. The lowest BCUT2D eigenvalue weighted by atomic mass is 10.1. The monoisotopic (exact) mass is 420 g/mol. The second-order valence-corrected chi connectivity index (χ2v) is 7.05. The Kier molecular flexibility index (Phi) is 5.56. The molecule has 0 atom stereocenters. The van der Waals surface area contributed by atoms with Crippen LogP contribution in [0.4, 0.5) is 13.2 Å². The van der Waals surface area contributed by atoms with Crippen LogP contribution in [0.1, 0.15) is 41.4 Å². The molecule has 1 heterocycles. The van der Waals surface area contributed by atoms with E-state index < -0.39 is 34.9 Å². The maximum Gasteiger partial charge on any atom is 0.416 e. The number of methoxy groups -OCH3 is 1. The number of hydrogen-bond donors (Lipinski definition) is 0. The van der Waals surface area contributed by atoms with Crippen LogP contribution in [-0.2, 0) is 17.5 Å². The summed E-state index contributed by atoms with van der Waals surface area (Å²) in [6, 6.07) is 8.60. The van der Waals surface area contributed by atoms with Crippen molar-refractivity contribution in [2.24, 2.45) is 0 Å². The molecule has 3 aromatic rings. The van der Waals surface area contributed by atoms with Crippen LogP contribution in [0.15, 0.2) is 52.1 Å². The number of nitrogens with zero attached hydrogens (tertiary/aromatic N) is 2. The topological polar surface area (TPSA) is 70.3 Å². The lowest BCUT2D eigenvalue weighted by Gasteiger charge is -2.19. The Bertz CT molecular complexity index is 1220. The highest BCUT2D eigenvalue weighted by atomic mass is 19.4. The zero-order chi connectivity index (χ0) is 22.2. The van der Waals surface area contributed by atoms with Crippen LogP contribution in [-0.4, -0.2) is 22.2 Å². The van der Waals surface area contributed by atoms with E-state index in [-0.39, 0.29) is 23.1 Å². The minimum atomic E-state index is -4.60. The van der Waals surface area contributed by atoms with E-state index in [1.807, 2.05) is 0 Å². The fourth-order valence-electron chi connectivity index (χ4n) is 3.27. The third kappa shape index (κ3) is 3.87. The number of fused-ring (bicyclic) bond motifs is 1. The molecule has 0 unspecified atom stereocenters. The molecule has 0 aliphatic carbocycles. The van der Waals surface area contributed by atoms with E-state index in [1.165, 1.54) is 29.9 Å². The number of rotatable bonds is 4. The number of halogens is 3. The van der Waals surface area contributed by atoms with Gasteiger partial charge in [-0.1, -0.05) is 12.1 Å². The van der Waals surface area contributed by atoms with Crippen molar-refractivity contribution in [3.8, 4) is 0 Å². The van der Waals surface area contributed by atoms with Crippen LogP contribution >= 0.6 is 0 Å². The molecule has 3 rings (SSSR count). The summed E-state index contributed by atoms with van der Waals surface area (Å²) >= 11 is 0. The third-order valence-electron chi connectivity index (χ3n) is 4.73. The maximum atomic E-state index is 13.3. The Morgan fingerprint density at radius 1 is 1.00 bits per heavy atom. The van der Waals surface area contributed by atoms with Gasteiger partial charge in [-0.2, -0.15) is 13.2 Å². The van der Waals surface area contributed by atoms with Gasteiger partial charge in [0.05, 0.1) is 35.8 Å². The van der Waals surface area contributed by atoms with Crippen LogP contribution in [0, 0.1) is 0 Å². The van der Waals surface area contributed by atoms with Gasteiger partial charge in [-0.3, -0.25) is 18.7 Å². The van der Waals surface area contributed by atoms with E-state index >= 15 is 0 Å². The smallest absolute Gasteiger partial charge is 0.416 e. The van der Waals surface area contributed by atoms with Crippen molar-refractivity contribution in [1.29, 1.82) is 0 Å². The Labute approximate surface area is 169 Å². The molecule has 0 aliphatic heterocycles. The normalized spacial score (nSPS) is 11.8. The lowest BCUT2D eigenvalue weighted by molar-refractivity contribution is -0.137. The summed E-state index contributed by atoms with van der Waals surface area (Å²) in [5.74, 6) is -0.543. The van der Waals surface area contributed by atoms with Gasteiger partial charge >= 0.3 is 23.3 Å². The summed E-state index contributed by atoms with van der Waals surface area (Å²) in [6.07, 6.45) is -4.60. The molecule has 0 amide bonds. The molecule has 0 saturated carbocycles. The predicted molar refractivity (Wildman–Crippen MR) is 105 cm³/mol. The average molecular weight is 420 g/mol. The van der Waals surface area contributed by atoms with Gasteiger partial charge in [0.25, 0.3) is 0 Å². The van der Waals surface area contributed by atoms with Gasteiger partial charge in [0, 0.05) is 6.04 Å². The van der Waals surface area contributed by atoms with Crippen molar-refractivity contribution in [1.82, 2.24) is 9.13 Å². The molecule has 0 saturated heterocycles. The Morgan fingerprint density at radius 2 is 1.63 bits per heavy atom. The van der Waals surface area contributed by atoms with E-state index in [2.05, 4.69) is 4.74 Å². The third-order valence-corrected chi connectivity index (χ3v) is 4.73. The molecule has 1 aromatic heterocycles. The van der Waals surface area contributed by atoms with Gasteiger partial charge in [-0.15, -0.1) is 0 Å². The van der Waals surface area contributed by atoms with Crippen LogP contribution < -0.4 is 11.1 Å². The second-order valence-electron chi connectivity index (χ2n) is 7.05. The molecule has 6 nitrogen and oxygen atoms in total. The summed E-state index contributed by atoms with van der Waals surface area (Å²) in [6.45, 7) is 3.22. The highest BCUT2D eigenvalue weighted by Crippen LogP contribution is 2.31. The molecule has 158 valence electrons. The molecule has 0 spiro atoms. The molecular formula is C21H19F3N2O4. The summed E-state index contributed by atoms with van der Waals surface area (Å²) in [7, 11) is 1.24. The van der Waals surface area contributed by atoms with Gasteiger partial charge in [0.2, 0.25) is 0 Å². The number of ether oxygens (including phenoxy) is 1. The number of alkyl halides is 3. The first kappa shape index (κ1) is 21.4. The number of benzene rings is 2. The lowest BCUT2D eigenvalue weighted by Crippen LogP contribution is -2.42. The van der Waals surface area contributed by atoms with E-state index in [9.17, 15) is 27.6 Å². The average Bonchev–Trinajstić information content (AvgIpc) is 2.70. The molecule has 0 fully saturated rings. The number of carbonyl (C=O) groups excluding carboxylic acids is 1. The molecule has 0 bridgehead atoms. The van der Waals surface area contributed by atoms with Crippen molar-refractivity contribution in [2.75, 3.05) is 7.11 Å². The minimum absolute atomic E-state index is 0.000157. The SMILES string of the molecule is COC(=O)c1ccc(Cn2c(=O)c(=O)n(C(C)C)c3ccc(C(F)(F)F)cc32)cc1. The summed E-state index contributed by atoms with van der Waals surface area (Å²) in [5.41, 5.74) is -1.61. The first-order valence-electron chi connectivity index (χ1n) is 9.08. The van der Waals surface area contributed by atoms with E-state index in [1.54, 1.807) is 26.0 Å². The quantitative estimate of drug-likeness (QED) is 0.478. The van der Waals surface area contributed by atoms with Crippen molar-refractivity contribution in [3.63, 3.8) is 0 Å². The zero-order valence-corrected chi connectivity index (χ0v) is 16.5. The van der Waals surface area contributed by atoms with E-state index in [0.717, 1.165) is 16.7 Å². The summed E-state index contributed by atoms with van der Waals surface area (Å²) in [4.78, 5) is 37.0. The largest absolute Gasteiger partial charge is 0.465 e. The first-order chi connectivity index (χ1) is 14.0. The van der Waals surface area contributed by atoms with Gasteiger partial charge in [-0.25, -0.2) is 4.79 Å². The second kappa shape index (κ2) is 7.81. The maximum absolute atomic E-state index is 13.3. The Morgan fingerprint density at radius 3 is 2.17 bits per heavy atom. The van der Waals surface area contributed by atoms with Gasteiger partial charge < -0.3 is 4.74 Å². The predicted octanol–water partition coefficient (Wildman–Crippen LogP) is 3.60. The van der Waals surface area contributed by atoms with Gasteiger partial charge in [0.15, 0.2) is 0 Å². The van der Waals surface area contributed by atoms with Crippen molar-refractivity contribution in [2.45, 2.75) is 32.6 Å². The highest BCUT2D eigenvalue weighted by Gasteiger charge is 2.31. The minimum Gasteiger partial charge on any atom is -0.465 e. The molecule has 0 aliphatic rings. The number of hydrogen-bond acceptors (Lipinski definition) is 4. The highest BCUT2D eigenvalue weighted by molar-refractivity contribution is 5.89. The van der Waals surface area contributed by atoms with Crippen LogP contribution in [0.25, 0.3) is 11.0 Å². The van der Waals surface area contributed by atoms with Gasteiger partial charge in [0.1, 0.15) is 0 Å². The molecule has 9 heteroatoms. The van der Waals surface area contributed by atoms with Gasteiger partial charge in [-0.05, 0) is 49.7 Å². The fraction of sp³-hybridized carbons (Fsp3) is 0.286. The van der Waals surface area contributed by atoms with Crippen molar-refractivity contribution < 1.29 is 22.7 Å². The Hall–Kier alpha value is -3.36. The Balaban J connectivity index is 2.23. The zero-order valence-electron chi connectivity index (χ0n) is 16.5. The molecule has 2 aromatic carbocycles. The molecule has 0 N–H and O–H groups in total. The number of aromatic nitrogens is 2. The van der Waals surface area contributed by atoms with Crippen LogP contribution in [0.5, 0.6) is 0 Å². The summed E-state index contributed by atoms with van der Waals surface area (Å²) in [5, 5.41) is 0. The summed E-state index contributed by atoms with van der Waals surface area (Å²) < 4.78 is 46.6. The van der Waals surface area contributed by atoms with E-state index in [4.69, 9.17) is 0 Å². The van der Waals surface area contributed by atoms with Crippen molar-refractivity contribution in [3.05, 3.63) is 79.9 Å². The molecule has 30 heavy (non-hydrogen) atoms. The van der Waals surface area contributed by atoms with Crippen LogP contribution in [0.2, 0.25) is 0 Å². The molecular weight excluding hydrogens is 401 g/mol. The molecule has 0 radical (unpaired) electrons. The number of carbonyl (C=O) groups is 1.